The number of sulfonamides is 1. The van der Waals surface area contributed by atoms with Crippen LogP contribution < -0.4 is 4.74 Å². The van der Waals surface area contributed by atoms with Gasteiger partial charge in [-0.25, -0.2) is 8.42 Å². The van der Waals surface area contributed by atoms with Gasteiger partial charge in [-0.3, -0.25) is 4.79 Å². The molecule has 1 heterocycles. The number of hydrogen-bond acceptors (Lipinski definition) is 4. The van der Waals surface area contributed by atoms with Crippen LogP contribution in [0, 0.1) is 11.8 Å². The quantitative estimate of drug-likeness (QED) is 0.799. The van der Waals surface area contributed by atoms with Crippen molar-refractivity contribution in [1.82, 2.24) is 9.21 Å². The highest BCUT2D eigenvalue weighted by atomic mass is 32.2. The molecule has 1 saturated carbocycles. The fraction of sp³-hybridized carbons (Fsp3) is 0.611. The first kappa shape index (κ1) is 18.2. The lowest BCUT2D eigenvalue weighted by Gasteiger charge is -2.31. The smallest absolute Gasteiger partial charge is 0.243 e. The van der Waals surface area contributed by atoms with Gasteiger partial charge in [-0.15, -0.1) is 0 Å². The molecule has 1 aromatic carbocycles. The van der Waals surface area contributed by atoms with E-state index in [0.717, 1.165) is 19.4 Å². The highest BCUT2D eigenvalue weighted by Gasteiger charge is 2.43. The Hall–Kier alpha value is -1.60. The molecule has 0 aromatic heterocycles. The van der Waals surface area contributed by atoms with Gasteiger partial charge in [-0.1, -0.05) is 0 Å². The molecule has 1 aromatic rings. The molecule has 7 heteroatoms. The molecule has 1 aliphatic heterocycles. The highest BCUT2D eigenvalue weighted by Crippen LogP contribution is 2.41. The van der Waals surface area contributed by atoms with Crippen LogP contribution in [0.15, 0.2) is 29.2 Å². The second-order valence-corrected chi connectivity index (χ2v) is 9.05. The second kappa shape index (κ2) is 6.96. The van der Waals surface area contributed by atoms with E-state index in [-0.39, 0.29) is 16.8 Å². The average Bonchev–Trinajstić information content (AvgIpc) is 2.98. The summed E-state index contributed by atoms with van der Waals surface area (Å²) >= 11 is 0. The molecule has 0 bridgehead atoms. The third-order valence-electron chi connectivity index (χ3n) is 5.51. The largest absolute Gasteiger partial charge is 0.494 e. The van der Waals surface area contributed by atoms with Crippen molar-refractivity contribution in [3.8, 4) is 5.75 Å². The molecule has 3 rings (SSSR count). The number of nitrogens with zero attached hydrogens (tertiary/aromatic N) is 2. The summed E-state index contributed by atoms with van der Waals surface area (Å²) in [6.45, 7) is 3.17. The minimum absolute atomic E-state index is 0.0501. The fourth-order valence-electron chi connectivity index (χ4n) is 4.02. The van der Waals surface area contributed by atoms with Crippen molar-refractivity contribution < 1.29 is 17.9 Å². The number of benzene rings is 1. The number of fused-ring (bicyclic) bond motifs is 1. The number of likely N-dealkylation sites (tertiary alicyclic amines) is 1. The fourth-order valence-corrected chi connectivity index (χ4v) is 5.40. The summed E-state index contributed by atoms with van der Waals surface area (Å²) in [5.74, 6) is 1.52. The maximum atomic E-state index is 12.9. The van der Waals surface area contributed by atoms with E-state index in [4.69, 9.17) is 4.74 Å². The second-order valence-electron chi connectivity index (χ2n) is 7.05. The van der Waals surface area contributed by atoms with Crippen LogP contribution >= 0.6 is 0 Å². The molecule has 0 unspecified atom stereocenters. The van der Waals surface area contributed by atoms with E-state index in [1.165, 1.54) is 4.31 Å². The Labute approximate surface area is 149 Å². The zero-order chi connectivity index (χ0) is 18.2. The van der Waals surface area contributed by atoms with Crippen molar-refractivity contribution in [2.24, 2.45) is 11.8 Å². The normalized spacial score (nSPS) is 26.8. The van der Waals surface area contributed by atoms with Gasteiger partial charge in [0.15, 0.2) is 0 Å². The highest BCUT2D eigenvalue weighted by molar-refractivity contribution is 7.89. The molecule has 138 valence electrons. The Morgan fingerprint density at radius 1 is 1.20 bits per heavy atom. The van der Waals surface area contributed by atoms with Crippen LogP contribution in [0.5, 0.6) is 5.75 Å². The van der Waals surface area contributed by atoms with Crippen molar-refractivity contribution >= 4 is 15.9 Å². The van der Waals surface area contributed by atoms with Gasteiger partial charge < -0.3 is 9.64 Å². The molecule has 2 aliphatic rings. The molecule has 3 atom stereocenters. The molecular formula is C18H26N2O4S. The first-order valence-electron chi connectivity index (χ1n) is 8.77. The molecule has 0 radical (unpaired) electrons. The number of piperidine rings is 1. The zero-order valence-electron chi connectivity index (χ0n) is 15.0. The Morgan fingerprint density at radius 2 is 1.84 bits per heavy atom. The maximum Gasteiger partial charge on any atom is 0.243 e. The first-order chi connectivity index (χ1) is 11.8. The molecule has 1 aliphatic carbocycles. The van der Waals surface area contributed by atoms with Gasteiger partial charge in [-0.2, -0.15) is 4.31 Å². The molecular weight excluding hydrogens is 340 g/mol. The van der Waals surface area contributed by atoms with Crippen molar-refractivity contribution in [1.29, 1.82) is 0 Å². The number of carbonyl (C=O) groups excluding carboxylic acids is 1. The molecule has 25 heavy (non-hydrogen) atoms. The third-order valence-corrected chi connectivity index (χ3v) is 7.44. The Balaban J connectivity index is 1.73. The molecule has 0 spiro atoms. The Morgan fingerprint density at radius 3 is 2.48 bits per heavy atom. The molecule has 2 fully saturated rings. The van der Waals surface area contributed by atoms with Crippen LogP contribution in [0.25, 0.3) is 0 Å². The van der Waals surface area contributed by atoms with E-state index in [1.54, 1.807) is 36.2 Å². The topological polar surface area (TPSA) is 66.9 Å². The first-order valence-corrected chi connectivity index (χ1v) is 10.2. The molecule has 1 saturated heterocycles. The predicted molar refractivity (Wildman–Crippen MR) is 94.8 cm³/mol. The number of amides is 1. The van der Waals surface area contributed by atoms with Crippen molar-refractivity contribution in [3.63, 3.8) is 0 Å². The van der Waals surface area contributed by atoms with E-state index in [0.29, 0.717) is 30.6 Å². The standard InChI is InChI=1S/C18H26N2O4S/c1-4-24-16-5-7-17(8-6-16)25(22,23)20(3)15-9-13-11-18(21)19(2)12-14(13)10-15/h5-8,13-15H,4,9-12H2,1-3H3/t13-,14+,15-/m0/s1. The number of carbonyl (C=O) groups is 1. The van der Waals surface area contributed by atoms with Crippen LogP contribution in [0.3, 0.4) is 0 Å². The summed E-state index contributed by atoms with van der Waals surface area (Å²) in [4.78, 5) is 13.9. The van der Waals surface area contributed by atoms with Gasteiger partial charge >= 0.3 is 0 Å². The predicted octanol–water partition coefficient (Wildman–Crippen LogP) is 1.96. The minimum atomic E-state index is -3.54. The Kier molecular flexibility index (Phi) is 5.06. The van der Waals surface area contributed by atoms with Gasteiger partial charge in [0.1, 0.15) is 5.75 Å². The monoisotopic (exact) mass is 366 g/mol. The third kappa shape index (κ3) is 3.53. The van der Waals surface area contributed by atoms with Gasteiger partial charge in [-0.05, 0) is 55.9 Å². The van der Waals surface area contributed by atoms with E-state index in [2.05, 4.69) is 0 Å². The maximum absolute atomic E-state index is 12.9. The summed E-state index contributed by atoms with van der Waals surface area (Å²) < 4.78 is 32.7. The minimum Gasteiger partial charge on any atom is -0.494 e. The van der Waals surface area contributed by atoms with Crippen LogP contribution in [-0.2, 0) is 14.8 Å². The average molecular weight is 366 g/mol. The Bertz CT molecular complexity index is 732. The zero-order valence-corrected chi connectivity index (χ0v) is 15.8. The van der Waals surface area contributed by atoms with Crippen LogP contribution in [0.4, 0.5) is 0 Å². The number of rotatable bonds is 5. The van der Waals surface area contributed by atoms with Gasteiger partial charge in [0, 0.05) is 33.1 Å². The summed E-state index contributed by atoms with van der Waals surface area (Å²) in [5.41, 5.74) is 0. The van der Waals surface area contributed by atoms with Crippen LogP contribution in [0.2, 0.25) is 0 Å². The van der Waals surface area contributed by atoms with E-state index >= 15 is 0 Å². The summed E-state index contributed by atoms with van der Waals surface area (Å²) in [7, 11) is -0.0670. The van der Waals surface area contributed by atoms with Gasteiger partial charge in [0.2, 0.25) is 15.9 Å². The lowest BCUT2D eigenvalue weighted by Crippen LogP contribution is -2.39. The summed E-state index contributed by atoms with van der Waals surface area (Å²) in [6, 6.07) is 6.51. The summed E-state index contributed by atoms with van der Waals surface area (Å²) in [6.07, 6.45) is 2.11. The van der Waals surface area contributed by atoms with Crippen molar-refractivity contribution in [2.45, 2.75) is 37.1 Å². The molecule has 6 nitrogen and oxygen atoms in total. The molecule has 1 amide bonds. The SMILES string of the molecule is CCOc1ccc(S(=O)(=O)N(C)[C@H]2C[C@H]3CC(=O)N(C)C[C@H]3C2)cc1. The van der Waals surface area contributed by atoms with Gasteiger partial charge in [0.05, 0.1) is 11.5 Å². The van der Waals surface area contributed by atoms with Crippen molar-refractivity contribution in [3.05, 3.63) is 24.3 Å². The van der Waals surface area contributed by atoms with E-state index in [1.807, 2.05) is 14.0 Å². The summed E-state index contributed by atoms with van der Waals surface area (Å²) in [5, 5.41) is 0. The number of ether oxygens (including phenoxy) is 1. The molecule has 0 N–H and O–H groups in total. The van der Waals surface area contributed by atoms with Gasteiger partial charge in [0.25, 0.3) is 0 Å². The van der Waals surface area contributed by atoms with Crippen LogP contribution in [-0.4, -0.2) is 56.8 Å². The van der Waals surface area contributed by atoms with E-state index < -0.39 is 10.0 Å². The lowest BCUT2D eigenvalue weighted by molar-refractivity contribution is -0.134. The van der Waals surface area contributed by atoms with Crippen molar-refractivity contribution in [2.75, 3.05) is 27.2 Å². The lowest BCUT2D eigenvalue weighted by atomic mass is 9.88. The van der Waals surface area contributed by atoms with E-state index in [9.17, 15) is 13.2 Å². The number of hydrogen-bond donors (Lipinski definition) is 0. The van der Waals surface area contributed by atoms with Crippen LogP contribution in [0.1, 0.15) is 26.2 Å².